The van der Waals surface area contributed by atoms with Crippen LogP contribution in [-0.4, -0.2) is 40.8 Å². The highest BCUT2D eigenvalue weighted by Crippen LogP contribution is 2.12. The number of nitrogens with zero attached hydrogens (tertiary/aromatic N) is 1. The Balaban J connectivity index is 1.40. The van der Waals surface area contributed by atoms with E-state index in [2.05, 4.69) is 26.1 Å². The fourth-order valence-corrected chi connectivity index (χ4v) is 2.60. The maximum atomic E-state index is 12.1. The number of aromatic nitrogens is 2. The SMILES string of the molecule is CCOc1ccc(C(=O)NCC(=O)NNC(=O)Cc2nc3ccccc3[nH]2)cc1. The van der Waals surface area contributed by atoms with Crippen molar-refractivity contribution in [3.63, 3.8) is 0 Å². The molecule has 0 aliphatic rings. The van der Waals surface area contributed by atoms with E-state index in [0.717, 1.165) is 11.0 Å². The number of ether oxygens (including phenoxy) is 1. The predicted octanol–water partition coefficient (Wildman–Crippen LogP) is 1.08. The zero-order valence-corrected chi connectivity index (χ0v) is 15.8. The van der Waals surface area contributed by atoms with Gasteiger partial charge in [0.25, 0.3) is 11.8 Å². The average molecular weight is 395 g/mol. The number of imidazole rings is 1. The maximum absolute atomic E-state index is 12.1. The van der Waals surface area contributed by atoms with Gasteiger partial charge in [0.2, 0.25) is 5.91 Å². The second-order valence-electron chi connectivity index (χ2n) is 6.11. The first-order valence-corrected chi connectivity index (χ1v) is 9.07. The lowest BCUT2D eigenvalue weighted by Crippen LogP contribution is -2.46. The second-order valence-corrected chi connectivity index (χ2v) is 6.11. The third-order valence-corrected chi connectivity index (χ3v) is 3.94. The Morgan fingerprint density at radius 2 is 1.72 bits per heavy atom. The van der Waals surface area contributed by atoms with Crippen LogP contribution < -0.4 is 20.9 Å². The zero-order chi connectivity index (χ0) is 20.6. The number of aromatic amines is 1. The molecule has 0 unspecified atom stereocenters. The van der Waals surface area contributed by atoms with Crippen LogP contribution in [0.25, 0.3) is 11.0 Å². The fourth-order valence-electron chi connectivity index (χ4n) is 2.60. The molecule has 0 bridgehead atoms. The van der Waals surface area contributed by atoms with E-state index in [1.807, 2.05) is 31.2 Å². The van der Waals surface area contributed by atoms with Crippen molar-refractivity contribution in [2.75, 3.05) is 13.2 Å². The molecule has 1 aromatic heterocycles. The van der Waals surface area contributed by atoms with Crippen molar-refractivity contribution < 1.29 is 19.1 Å². The summed E-state index contributed by atoms with van der Waals surface area (Å²) in [6, 6.07) is 14.0. The van der Waals surface area contributed by atoms with Crippen LogP contribution in [0.3, 0.4) is 0 Å². The molecule has 0 aliphatic carbocycles. The Bertz CT molecular complexity index is 980. The van der Waals surface area contributed by atoms with Crippen LogP contribution in [0.2, 0.25) is 0 Å². The number of amides is 3. The molecule has 29 heavy (non-hydrogen) atoms. The number of hydrazine groups is 1. The number of nitrogens with one attached hydrogen (secondary N) is 4. The van der Waals surface area contributed by atoms with Gasteiger partial charge in [-0.25, -0.2) is 4.98 Å². The van der Waals surface area contributed by atoms with Gasteiger partial charge in [0.05, 0.1) is 30.6 Å². The summed E-state index contributed by atoms with van der Waals surface area (Å²) >= 11 is 0. The number of H-pyrrole nitrogens is 1. The molecule has 0 saturated carbocycles. The minimum absolute atomic E-state index is 0.0203. The first-order valence-electron chi connectivity index (χ1n) is 9.07. The molecule has 0 saturated heterocycles. The van der Waals surface area contributed by atoms with Gasteiger partial charge in [-0.2, -0.15) is 0 Å². The van der Waals surface area contributed by atoms with Crippen molar-refractivity contribution >= 4 is 28.8 Å². The fraction of sp³-hybridized carbons (Fsp3) is 0.200. The summed E-state index contributed by atoms with van der Waals surface area (Å²) in [4.78, 5) is 43.2. The standard InChI is InChI=1S/C20H21N5O4/c1-2-29-14-9-7-13(8-10-14)20(28)21-12-19(27)25-24-18(26)11-17-22-15-5-3-4-6-16(15)23-17/h3-10H,2,11-12H2,1H3,(H,21,28)(H,22,23)(H,24,26)(H,25,27). The summed E-state index contributed by atoms with van der Waals surface area (Å²) in [5.74, 6) is -0.245. The van der Waals surface area contributed by atoms with E-state index < -0.39 is 17.7 Å². The number of fused-ring (bicyclic) bond motifs is 1. The topological polar surface area (TPSA) is 125 Å². The first-order chi connectivity index (χ1) is 14.0. The highest BCUT2D eigenvalue weighted by molar-refractivity contribution is 5.96. The predicted molar refractivity (Wildman–Crippen MR) is 106 cm³/mol. The molecule has 1 heterocycles. The monoisotopic (exact) mass is 395 g/mol. The molecule has 0 aliphatic heterocycles. The summed E-state index contributed by atoms with van der Waals surface area (Å²) in [5.41, 5.74) is 6.54. The molecular formula is C20H21N5O4. The highest BCUT2D eigenvalue weighted by Gasteiger charge is 2.11. The van der Waals surface area contributed by atoms with E-state index in [1.165, 1.54) is 0 Å². The number of carbonyl (C=O) groups excluding carboxylic acids is 3. The van der Waals surface area contributed by atoms with E-state index in [0.29, 0.717) is 23.7 Å². The summed E-state index contributed by atoms with van der Waals surface area (Å²) in [5, 5.41) is 2.48. The quantitative estimate of drug-likeness (QED) is 0.446. The Morgan fingerprint density at radius 1 is 1.00 bits per heavy atom. The maximum Gasteiger partial charge on any atom is 0.257 e. The summed E-state index contributed by atoms with van der Waals surface area (Å²) in [6.07, 6.45) is -0.0203. The van der Waals surface area contributed by atoms with E-state index in [9.17, 15) is 14.4 Å². The lowest BCUT2D eigenvalue weighted by atomic mass is 10.2. The van der Waals surface area contributed by atoms with Gasteiger partial charge in [-0.1, -0.05) is 12.1 Å². The number of rotatable bonds is 7. The van der Waals surface area contributed by atoms with Gasteiger partial charge in [0.1, 0.15) is 11.6 Å². The van der Waals surface area contributed by atoms with Gasteiger partial charge in [0, 0.05) is 5.56 Å². The molecule has 0 atom stereocenters. The molecule has 9 nitrogen and oxygen atoms in total. The lowest BCUT2D eigenvalue weighted by Gasteiger charge is -2.08. The molecule has 150 valence electrons. The number of para-hydroxylation sites is 2. The molecule has 0 radical (unpaired) electrons. The van der Waals surface area contributed by atoms with Crippen molar-refractivity contribution in [1.29, 1.82) is 0 Å². The van der Waals surface area contributed by atoms with Crippen molar-refractivity contribution in [1.82, 2.24) is 26.1 Å². The summed E-state index contributed by atoms with van der Waals surface area (Å²) < 4.78 is 5.31. The highest BCUT2D eigenvalue weighted by atomic mass is 16.5. The number of benzene rings is 2. The van der Waals surface area contributed by atoms with Crippen molar-refractivity contribution in [2.45, 2.75) is 13.3 Å². The normalized spacial score (nSPS) is 10.4. The largest absolute Gasteiger partial charge is 0.494 e. The van der Waals surface area contributed by atoms with Crippen molar-refractivity contribution in [2.24, 2.45) is 0 Å². The summed E-state index contributed by atoms with van der Waals surface area (Å²) in [6.45, 7) is 2.12. The molecular weight excluding hydrogens is 374 g/mol. The van der Waals surface area contributed by atoms with Gasteiger partial charge in [-0.05, 0) is 43.3 Å². The van der Waals surface area contributed by atoms with Crippen LogP contribution in [0.1, 0.15) is 23.1 Å². The molecule has 9 heteroatoms. The van der Waals surface area contributed by atoms with Crippen LogP contribution in [0, 0.1) is 0 Å². The minimum atomic E-state index is -0.553. The van der Waals surface area contributed by atoms with Crippen molar-refractivity contribution in [3.05, 3.63) is 59.9 Å². The molecule has 4 N–H and O–H groups in total. The Labute approximate surface area is 166 Å². The van der Waals surface area contributed by atoms with Gasteiger partial charge in [-0.3, -0.25) is 25.2 Å². The molecule has 3 rings (SSSR count). The zero-order valence-electron chi connectivity index (χ0n) is 15.8. The van der Waals surface area contributed by atoms with Crippen LogP contribution >= 0.6 is 0 Å². The van der Waals surface area contributed by atoms with Crippen LogP contribution in [0.15, 0.2) is 48.5 Å². The van der Waals surface area contributed by atoms with Crippen LogP contribution in [-0.2, 0) is 16.0 Å². The first kappa shape index (κ1) is 19.9. The Morgan fingerprint density at radius 3 is 2.45 bits per heavy atom. The van der Waals surface area contributed by atoms with Gasteiger partial charge in [-0.15, -0.1) is 0 Å². The van der Waals surface area contributed by atoms with E-state index in [4.69, 9.17) is 4.74 Å². The van der Waals surface area contributed by atoms with Crippen LogP contribution in [0.5, 0.6) is 5.75 Å². The smallest absolute Gasteiger partial charge is 0.257 e. The van der Waals surface area contributed by atoms with E-state index in [1.54, 1.807) is 24.3 Å². The summed E-state index contributed by atoms with van der Waals surface area (Å²) in [7, 11) is 0. The lowest BCUT2D eigenvalue weighted by molar-refractivity contribution is -0.128. The van der Waals surface area contributed by atoms with Crippen LogP contribution in [0.4, 0.5) is 0 Å². The molecule has 3 amide bonds. The van der Waals surface area contributed by atoms with E-state index >= 15 is 0 Å². The molecule has 2 aromatic carbocycles. The Kier molecular flexibility index (Phi) is 6.41. The van der Waals surface area contributed by atoms with Crippen molar-refractivity contribution in [3.8, 4) is 5.75 Å². The third kappa shape index (κ3) is 5.55. The molecule has 3 aromatic rings. The molecule has 0 fully saturated rings. The second kappa shape index (κ2) is 9.36. The Hall–Kier alpha value is -3.88. The van der Waals surface area contributed by atoms with Gasteiger partial charge < -0.3 is 15.0 Å². The van der Waals surface area contributed by atoms with E-state index in [-0.39, 0.29) is 13.0 Å². The number of hydrogen-bond donors (Lipinski definition) is 4. The number of hydrogen-bond acceptors (Lipinski definition) is 5. The average Bonchev–Trinajstić information content (AvgIpc) is 3.13. The molecule has 0 spiro atoms. The van der Waals surface area contributed by atoms with Gasteiger partial charge >= 0.3 is 0 Å². The third-order valence-electron chi connectivity index (χ3n) is 3.94. The number of carbonyl (C=O) groups is 3. The minimum Gasteiger partial charge on any atom is -0.494 e. The van der Waals surface area contributed by atoms with Gasteiger partial charge in [0.15, 0.2) is 0 Å².